The largest absolute Gasteiger partial charge is 0.303 e. The Kier molecular flexibility index (Phi) is 3.97. The molecule has 1 heterocycles. The molecule has 0 spiro atoms. The lowest BCUT2D eigenvalue weighted by Gasteiger charge is -2.14. The minimum absolute atomic E-state index is 0.264. The SMILES string of the molecule is FC(/C=C/c1ccccc1)C1CC1CN1CCCC1. The van der Waals surface area contributed by atoms with Gasteiger partial charge in [0, 0.05) is 6.54 Å². The summed E-state index contributed by atoms with van der Waals surface area (Å²) >= 11 is 0. The van der Waals surface area contributed by atoms with E-state index in [1.54, 1.807) is 6.08 Å². The van der Waals surface area contributed by atoms with E-state index >= 15 is 0 Å². The molecule has 1 nitrogen and oxygen atoms in total. The van der Waals surface area contributed by atoms with Crippen LogP contribution in [0, 0.1) is 11.8 Å². The lowest BCUT2D eigenvalue weighted by molar-refractivity contribution is 0.290. The van der Waals surface area contributed by atoms with Gasteiger partial charge in [0.1, 0.15) is 6.17 Å². The molecule has 2 heteroatoms. The van der Waals surface area contributed by atoms with Gasteiger partial charge in [0.25, 0.3) is 0 Å². The van der Waals surface area contributed by atoms with Crippen LogP contribution in [0.25, 0.3) is 6.08 Å². The van der Waals surface area contributed by atoms with E-state index in [0.717, 1.165) is 18.5 Å². The molecule has 3 atom stereocenters. The number of nitrogens with zero attached hydrogens (tertiary/aromatic N) is 1. The summed E-state index contributed by atoms with van der Waals surface area (Å²) in [6, 6.07) is 9.98. The Morgan fingerprint density at radius 2 is 1.95 bits per heavy atom. The molecule has 0 aromatic heterocycles. The molecule has 0 radical (unpaired) electrons. The summed E-state index contributed by atoms with van der Waals surface area (Å²) in [6.45, 7) is 3.56. The Balaban J connectivity index is 1.47. The number of alkyl halides is 1. The van der Waals surface area contributed by atoms with Crippen molar-refractivity contribution in [1.29, 1.82) is 0 Å². The average molecular weight is 259 g/mol. The molecule has 1 aliphatic heterocycles. The highest BCUT2D eigenvalue weighted by molar-refractivity contribution is 5.49. The molecule has 2 fully saturated rings. The topological polar surface area (TPSA) is 3.24 Å². The van der Waals surface area contributed by atoms with Gasteiger partial charge in [-0.25, -0.2) is 4.39 Å². The minimum atomic E-state index is -0.771. The molecule has 0 bridgehead atoms. The van der Waals surface area contributed by atoms with Crippen molar-refractivity contribution in [3.8, 4) is 0 Å². The molecule has 2 aliphatic rings. The van der Waals surface area contributed by atoms with E-state index in [0.29, 0.717) is 5.92 Å². The molecule has 1 aromatic rings. The van der Waals surface area contributed by atoms with Crippen molar-refractivity contribution in [2.24, 2.45) is 11.8 Å². The second-order valence-electron chi connectivity index (χ2n) is 5.88. The number of hydrogen-bond acceptors (Lipinski definition) is 1. The van der Waals surface area contributed by atoms with Crippen LogP contribution in [-0.4, -0.2) is 30.7 Å². The van der Waals surface area contributed by atoms with Crippen LogP contribution in [0.5, 0.6) is 0 Å². The summed E-state index contributed by atoms with van der Waals surface area (Å²) in [5, 5.41) is 0. The monoisotopic (exact) mass is 259 g/mol. The Morgan fingerprint density at radius 1 is 1.21 bits per heavy atom. The van der Waals surface area contributed by atoms with Gasteiger partial charge in [-0.3, -0.25) is 0 Å². The first-order chi connectivity index (χ1) is 9.33. The van der Waals surface area contributed by atoms with Crippen LogP contribution in [0.2, 0.25) is 0 Å². The van der Waals surface area contributed by atoms with E-state index in [1.165, 1.54) is 25.9 Å². The van der Waals surface area contributed by atoms with E-state index in [9.17, 15) is 4.39 Å². The molecule has 1 aliphatic carbocycles. The van der Waals surface area contributed by atoms with Crippen LogP contribution in [0.1, 0.15) is 24.8 Å². The summed E-state index contributed by atoms with van der Waals surface area (Å²) in [5.41, 5.74) is 1.09. The predicted molar refractivity (Wildman–Crippen MR) is 77.6 cm³/mol. The van der Waals surface area contributed by atoms with E-state index < -0.39 is 6.17 Å². The maximum atomic E-state index is 14.1. The predicted octanol–water partition coefficient (Wildman–Crippen LogP) is 3.77. The number of allylic oxidation sites excluding steroid dienone is 1. The first-order valence-corrected chi connectivity index (χ1v) is 7.42. The van der Waals surface area contributed by atoms with Gasteiger partial charge in [0.05, 0.1) is 0 Å². The molecule has 1 saturated carbocycles. The molecule has 3 unspecified atom stereocenters. The van der Waals surface area contributed by atoms with Crippen molar-refractivity contribution in [2.75, 3.05) is 19.6 Å². The highest BCUT2D eigenvalue weighted by atomic mass is 19.1. The fourth-order valence-electron chi connectivity index (χ4n) is 3.08. The number of halogens is 1. The third kappa shape index (κ3) is 3.44. The van der Waals surface area contributed by atoms with Gasteiger partial charge in [-0.05, 0) is 55.8 Å². The molecule has 19 heavy (non-hydrogen) atoms. The van der Waals surface area contributed by atoms with Crippen molar-refractivity contribution in [2.45, 2.75) is 25.4 Å². The Bertz CT molecular complexity index is 422. The van der Waals surface area contributed by atoms with Gasteiger partial charge in [-0.2, -0.15) is 0 Å². The van der Waals surface area contributed by atoms with Gasteiger partial charge < -0.3 is 4.90 Å². The zero-order valence-corrected chi connectivity index (χ0v) is 11.3. The van der Waals surface area contributed by atoms with Gasteiger partial charge in [0.15, 0.2) is 0 Å². The second-order valence-corrected chi connectivity index (χ2v) is 5.88. The number of benzene rings is 1. The molecule has 0 amide bonds. The van der Waals surface area contributed by atoms with Gasteiger partial charge in [-0.1, -0.05) is 36.4 Å². The fourth-order valence-corrected chi connectivity index (χ4v) is 3.08. The summed E-state index contributed by atoms with van der Waals surface area (Å²) < 4.78 is 14.1. The standard InChI is InChI=1S/C17H22FN/c18-17(9-8-14-6-2-1-3-7-14)16-12-15(16)13-19-10-4-5-11-19/h1-3,6-9,15-17H,4-5,10-13H2/b9-8+. The molecule has 1 aromatic carbocycles. The summed E-state index contributed by atoms with van der Waals surface area (Å²) in [7, 11) is 0. The first kappa shape index (κ1) is 12.9. The lowest BCUT2D eigenvalue weighted by Crippen LogP contribution is -2.23. The average Bonchev–Trinajstić information content (AvgIpc) is 3.01. The van der Waals surface area contributed by atoms with Crippen molar-refractivity contribution in [1.82, 2.24) is 4.90 Å². The molecule has 0 N–H and O–H groups in total. The van der Waals surface area contributed by atoms with Gasteiger partial charge in [0.2, 0.25) is 0 Å². The van der Waals surface area contributed by atoms with Crippen molar-refractivity contribution >= 4 is 6.08 Å². The minimum Gasteiger partial charge on any atom is -0.303 e. The molecule has 3 rings (SSSR count). The molecule has 102 valence electrons. The molecular weight excluding hydrogens is 237 g/mol. The first-order valence-electron chi connectivity index (χ1n) is 7.42. The molecular formula is C17H22FN. The number of hydrogen-bond donors (Lipinski definition) is 0. The summed E-state index contributed by atoms with van der Waals surface area (Å²) in [4.78, 5) is 2.50. The Morgan fingerprint density at radius 3 is 2.68 bits per heavy atom. The lowest BCUT2D eigenvalue weighted by atomic mass is 10.1. The van der Waals surface area contributed by atoms with E-state index in [1.807, 2.05) is 36.4 Å². The van der Waals surface area contributed by atoms with Crippen LogP contribution in [-0.2, 0) is 0 Å². The van der Waals surface area contributed by atoms with Crippen LogP contribution in [0.4, 0.5) is 4.39 Å². The number of rotatable bonds is 5. The maximum absolute atomic E-state index is 14.1. The Hall–Kier alpha value is -1.15. The third-order valence-corrected chi connectivity index (χ3v) is 4.35. The quantitative estimate of drug-likeness (QED) is 0.778. The van der Waals surface area contributed by atoms with Gasteiger partial charge >= 0.3 is 0 Å². The molecule has 1 saturated heterocycles. The fraction of sp³-hybridized carbons (Fsp3) is 0.529. The van der Waals surface area contributed by atoms with Gasteiger partial charge in [-0.15, -0.1) is 0 Å². The highest BCUT2D eigenvalue weighted by Gasteiger charge is 2.43. The maximum Gasteiger partial charge on any atom is 0.122 e. The highest BCUT2D eigenvalue weighted by Crippen LogP contribution is 2.44. The zero-order valence-electron chi connectivity index (χ0n) is 11.3. The number of likely N-dealkylation sites (tertiary alicyclic amines) is 1. The van der Waals surface area contributed by atoms with E-state index in [-0.39, 0.29) is 5.92 Å². The normalized spacial score (nSPS) is 28.9. The van der Waals surface area contributed by atoms with E-state index in [2.05, 4.69) is 4.90 Å². The van der Waals surface area contributed by atoms with Crippen molar-refractivity contribution in [3.63, 3.8) is 0 Å². The Labute approximate surface area is 115 Å². The summed E-state index contributed by atoms with van der Waals surface area (Å²) in [5.74, 6) is 0.856. The zero-order chi connectivity index (χ0) is 13.1. The van der Waals surface area contributed by atoms with Crippen LogP contribution in [0.15, 0.2) is 36.4 Å². The van der Waals surface area contributed by atoms with Crippen molar-refractivity contribution < 1.29 is 4.39 Å². The smallest absolute Gasteiger partial charge is 0.122 e. The van der Waals surface area contributed by atoms with Crippen LogP contribution >= 0.6 is 0 Å². The van der Waals surface area contributed by atoms with Crippen molar-refractivity contribution in [3.05, 3.63) is 42.0 Å². The van der Waals surface area contributed by atoms with Crippen LogP contribution in [0.3, 0.4) is 0 Å². The van der Waals surface area contributed by atoms with E-state index in [4.69, 9.17) is 0 Å². The third-order valence-electron chi connectivity index (χ3n) is 4.35. The summed E-state index contributed by atoms with van der Waals surface area (Å²) in [6.07, 6.45) is 6.60. The van der Waals surface area contributed by atoms with Crippen LogP contribution < -0.4 is 0 Å². The second kappa shape index (κ2) is 5.87.